The van der Waals surface area contributed by atoms with E-state index in [1.54, 1.807) is 29.2 Å². The number of aryl methyl sites for hydroxylation is 4. The molecule has 1 fully saturated rings. The molecule has 37 heteroatoms. The van der Waals surface area contributed by atoms with Crippen LogP contribution in [0.5, 0.6) is 5.75 Å². The third-order valence-corrected chi connectivity index (χ3v) is 19.4. The van der Waals surface area contributed by atoms with Crippen LogP contribution in [-0.4, -0.2) is 222 Å². The van der Waals surface area contributed by atoms with Gasteiger partial charge in [0, 0.05) is 63.1 Å². The number of carbonyl (C=O) groups excluding carboxylic acids is 12. The largest absolute Gasteiger partial charge is 0.494 e. The minimum absolute atomic E-state index is 0.0133. The van der Waals surface area contributed by atoms with E-state index >= 15 is 4.39 Å². The molecule has 1 aromatic heterocycles. The molecule has 1 aliphatic rings. The molecule has 11 amide bonds. The molecule has 0 bridgehead atoms. The number of ether oxygens (including phenoxy) is 1. The summed E-state index contributed by atoms with van der Waals surface area (Å²) >= 11 is 0. The van der Waals surface area contributed by atoms with E-state index in [-0.39, 0.29) is 55.2 Å². The van der Waals surface area contributed by atoms with Crippen LogP contribution in [0.25, 0.3) is 21.6 Å². The Morgan fingerprint density at radius 1 is 0.716 bits per heavy atom. The Hall–Kier alpha value is -11.8. The van der Waals surface area contributed by atoms with Gasteiger partial charge >= 0.3 is 5.97 Å². The number of H-pyrrole nitrogens is 1. The van der Waals surface area contributed by atoms with Crippen LogP contribution in [0.1, 0.15) is 151 Å². The molecule has 0 radical (unpaired) electrons. The lowest BCUT2D eigenvalue weighted by Gasteiger charge is -2.34. The van der Waals surface area contributed by atoms with E-state index in [4.69, 9.17) is 16.0 Å². The van der Waals surface area contributed by atoms with Gasteiger partial charge in [0.05, 0.1) is 43.8 Å². The zero-order valence-electron chi connectivity index (χ0n) is 66.4. The number of piperidine rings is 1. The lowest BCUT2D eigenvalue weighted by Crippen LogP contribution is -2.67. The number of primary amides is 1. The minimum atomic E-state index is -2.41. The number of benzene rings is 4. The summed E-state index contributed by atoms with van der Waals surface area (Å²) in [7, 11) is 0. The third-order valence-electron chi connectivity index (χ3n) is 19.4. The fourth-order valence-corrected chi connectivity index (χ4v) is 13.1. The number of rotatable bonds is 48. The normalized spacial score (nSPS) is 14.9. The number of likely N-dealkylation sites (tertiary alicyclic amines) is 1. The second-order valence-electron chi connectivity index (χ2n) is 29.8. The summed E-state index contributed by atoms with van der Waals surface area (Å²) in [5.41, 5.74) is 16.5. The van der Waals surface area contributed by atoms with Gasteiger partial charge in [-0.3, -0.25) is 62.3 Å². The summed E-state index contributed by atoms with van der Waals surface area (Å²) in [5, 5.41) is 81.0. The van der Waals surface area contributed by atoms with Gasteiger partial charge in [0.1, 0.15) is 65.2 Å². The Kier molecular flexibility index (Phi) is 36.3. The Labute approximate surface area is 670 Å². The highest BCUT2D eigenvalue weighted by Crippen LogP contribution is 2.30. The SMILES string of the molecule is CCc1cc(OCCCCN=[N+]=[N-])ccc1-c1ccc(C[C@H](NC(=O)[C@H](CC(=O)O)NC(=O)[C@H](CO)NC(=O)[C@@H](NC(=O)[C@](C)(Cc2ccccc2F)NC(=O)[C@@H](NC(=O)CNC(=O)[C@H](Cc2nn[nH]n2)NC(=O)C(C)(C)CC(=O)CCCN2CCCCC2=O)[C@@H](C)O)[C@@H](C)O)C(=O)N[C@@H](CCCc2cc(C)cc(C)c2)C(N)=O)cc1. The van der Waals surface area contributed by atoms with Crippen LogP contribution in [-0.2, 0) is 94.4 Å². The Balaban J connectivity index is 1.16. The molecular formula is C79H107FN18O18. The first-order valence-electron chi connectivity index (χ1n) is 38.4. The number of carboxylic acids is 1. The van der Waals surface area contributed by atoms with E-state index in [2.05, 4.69) is 78.5 Å². The number of carboxylic acid groups (broad SMARTS) is 1. The monoisotopic (exact) mass is 1610 g/mol. The first-order valence-corrected chi connectivity index (χ1v) is 38.4. The van der Waals surface area contributed by atoms with Crippen molar-refractivity contribution in [2.45, 2.75) is 218 Å². The maximum atomic E-state index is 15.6. The van der Waals surface area contributed by atoms with E-state index in [0.717, 1.165) is 73.1 Å². The van der Waals surface area contributed by atoms with Crippen LogP contribution >= 0.6 is 0 Å². The van der Waals surface area contributed by atoms with Gasteiger partial charge in [0.15, 0.2) is 5.82 Å². The second-order valence-corrected chi connectivity index (χ2v) is 29.8. The number of amides is 11. The minimum Gasteiger partial charge on any atom is -0.494 e. The van der Waals surface area contributed by atoms with E-state index in [0.29, 0.717) is 82.5 Å². The van der Waals surface area contributed by atoms with Crippen LogP contribution in [0.3, 0.4) is 0 Å². The predicted octanol–water partition coefficient (Wildman–Crippen LogP) is 1.58. The first kappa shape index (κ1) is 93.0. The number of Topliss-reactive ketones (excluding diaryl/α,β-unsaturated/α-hetero) is 1. The molecule has 5 aromatic rings. The highest BCUT2D eigenvalue weighted by molar-refractivity contribution is 6.00. The maximum Gasteiger partial charge on any atom is 0.305 e. The summed E-state index contributed by atoms with van der Waals surface area (Å²) < 4.78 is 21.5. The number of aromatic nitrogens is 4. The molecule has 1 aliphatic heterocycles. The molecule has 0 unspecified atom stereocenters. The van der Waals surface area contributed by atoms with E-state index in [1.807, 2.05) is 57.2 Å². The molecule has 0 saturated carbocycles. The van der Waals surface area contributed by atoms with Crippen molar-refractivity contribution < 1.29 is 91.9 Å². The Bertz CT molecular complexity index is 4290. The number of hydrogen-bond donors (Lipinski definition) is 15. The predicted molar refractivity (Wildman–Crippen MR) is 419 cm³/mol. The quantitative estimate of drug-likeness (QED) is 0.0114. The van der Waals surface area contributed by atoms with Gasteiger partial charge in [-0.05, 0) is 150 Å². The standard InChI is InChI=1S/C79H107FN18O18/c1-9-51-38-55(116-33-15-13-30-84-95-82)28-29-56(51)52-26-24-49(25-27-52)37-59(71(109)85-58(69(81)107)22-16-18-50-35-45(2)34-46(3)36-50)86-72(110)61(40-66(105)106)87-73(111)62(44-99)88-74(112)67(47(4)100)91-77(115)79(8,41-53-19-10-11-21-57(53)80)92-75(113)68(48(5)101)90-64(103)43-83-70(108)60(39-63-93-96-97-94-63)89-76(114)78(6,7)42-54(102)20-17-32-98-31-14-12-23-65(98)104/h10-11,19,21,24-29,34-36,38,47-48,58-62,67-68,99-101H,9,12-18,20,22-23,30-33,37,39-44H2,1-8H3,(H2,81,107)(H,83,108)(H,85,109)(H,86,110)(H,87,111)(H,88,112)(H,89,114)(H,90,103)(H,91,115)(H,92,113)(H,105,106)(H,93,94,96,97)/t47-,48-,58+,59+,60+,61+,62+,67+,68+,79+/m1/s1. The van der Waals surface area contributed by atoms with Gasteiger partial charge in [0.2, 0.25) is 65.0 Å². The van der Waals surface area contributed by atoms with Crippen molar-refractivity contribution in [2.75, 3.05) is 39.4 Å². The average Bonchev–Trinajstić information content (AvgIpc) is 1.07. The number of unbranched alkanes of at least 4 members (excludes halogenated alkanes) is 1. The van der Waals surface area contributed by atoms with Gasteiger partial charge in [-0.2, -0.15) is 5.21 Å². The summed E-state index contributed by atoms with van der Waals surface area (Å²) in [6, 6.07) is 10.9. The third kappa shape index (κ3) is 29.5. The molecule has 2 heterocycles. The average molecular weight is 1620 g/mol. The summed E-state index contributed by atoms with van der Waals surface area (Å²) in [6.45, 7) is 11.5. The molecule has 116 heavy (non-hydrogen) atoms. The number of azide groups is 1. The highest BCUT2D eigenvalue weighted by Gasteiger charge is 2.43. The number of nitrogens with two attached hydrogens (primary N) is 1. The number of tetrazole rings is 1. The molecule has 1 saturated heterocycles. The first-order chi connectivity index (χ1) is 55.0. The lowest BCUT2D eigenvalue weighted by molar-refractivity contribution is -0.142. The number of hydrogen-bond acceptors (Lipinski definition) is 21. The van der Waals surface area contributed by atoms with Gasteiger partial charge in [0.25, 0.3) is 0 Å². The van der Waals surface area contributed by atoms with Crippen molar-refractivity contribution in [2.24, 2.45) is 16.3 Å². The fraction of sp³-hybridized carbons (Fsp3) is 0.519. The fourth-order valence-electron chi connectivity index (χ4n) is 13.1. The second kappa shape index (κ2) is 45.3. The van der Waals surface area contributed by atoms with Gasteiger partial charge < -0.3 is 83.6 Å². The van der Waals surface area contributed by atoms with Crippen molar-refractivity contribution in [3.63, 3.8) is 0 Å². The van der Waals surface area contributed by atoms with E-state index in [9.17, 15) is 82.8 Å². The van der Waals surface area contributed by atoms with Crippen molar-refractivity contribution in [1.82, 2.24) is 73.4 Å². The molecule has 0 aliphatic carbocycles. The highest BCUT2D eigenvalue weighted by atomic mass is 19.1. The zero-order valence-corrected chi connectivity index (χ0v) is 66.4. The summed E-state index contributed by atoms with van der Waals surface area (Å²) in [5.74, 6) is -13.6. The topological polar surface area (TPSA) is 553 Å². The molecule has 628 valence electrons. The van der Waals surface area contributed by atoms with E-state index in [1.165, 1.54) is 32.0 Å². The Morgan fingerprint density at radius 2 is 1.36 bits per heavy atom. The van der Waals surface area contributed by atoms with Crippen LogP contribution in [0.2, 0.25) is 0 Å². The Morgan fingerprint density at radius 3 is 1.99 bits per heavy atom. The number of aromatic amines is 1. The molecule has 6 rings (SSSR count). The number of nitrogens with one attached hydrogen (secondary N) is 10. The smallest absolute Gasteiger partial charge is 0.305 e. The van der Waals surface area contributed by atoms with Crippen LogP contribution in [0.4, 0.5) is 4.39 Å². The zero-order chi connectivity index (χ0) is 85.4. The van der Waals surface area contributed by atoms with Crippen molar-refractivity contribution in [1.29, 1.82) is 0 Å². The number of nitrogens with zero attached hydrogens (tertiary/aromatic N) is 7. The molecule has 0 spiro atoms. The number of carbonyl (C=O) groups is 13. The molecular weight excluding hydrogens is 1510 g/mol. The van der Waals surface area contributed by atoms with Gasteiger partial charge in [-0.25, -0.2) is 4.39 Å². The lowest BCUT2D eigenvalue weighted by atomic mass is 9.85. The van der Waals surface area contributed by atoms with Crippen molar-refractivity contribution in [3.05, 3.63) is 140 Å². The molecule has 36 nitrogen and oxygen atoms in total. The van der Waals surface area contributed by atoms with Crippen LogP contribution in [0, 0.1) is 25.1 Å². The maximum absolute atomic E-state index is 15.6. The van der Waals surface area contributed by atoms with Crippen molar-refractivity contribution >= 4 is 76.7 Å². The number of aliphatic hydroxyl groups excluding tert-OH is 3. The van der Waals surface area contributed by atoms with E-state index < -0.39 is 162 Å². The van der Waals surface area contributed by atoms with Crippen LogP contribution < -0.4 is 58.3 Å². The number of aliphatic carboxylic acids is 1. The van der Waals surface area contributed by atoms with Crippen molar-refractivity contribution in [3.8, 4) is 16.9 Å². The number of ketones is 1. The van der Waals surface area contributed by atoms with Gasteiger partial charge in [-0.15, -0.1) is 10.2 Å². The number of aliphatic hydroxyl groups is 3. The number of halogens is 1. The molecule has 10 atom stereocenters. The summed E-state index contributed by atoms with van der Waals surface area (Å²) in [6.07, 6.45) is -1.04. The molecule has 16 N–H and O–H groups in total. The molecule has 4 aromatic carbocycles. The van der Waals surface area contributed by atoms with Gasteiger partial charge in [-0.1, -0.05) is 109 Å². The summed E-state index contributed by atoms with van der Waals surface area (Å²) in [4.78, 5) is 183. The van der Waals surface area contributed by atoms with Crippen LogP contribution in [0.15, 0.2) is 90.0 Å².